The van der Waals surface area contributed by atoms with Crippen molar-refractivity contribution in [3.8, 4) is 0 Å². The number of hydrogen-bond acceptors (Lipinski definition) is 2. The molecule has 3 heteroatoms. The number of rotatable bonds is 3. The quantitative estimate of drug-likeness (QED) is 0.911. The highest BCUT2D eigenvalue weighted by molar-refractivity contribution is 6.31. The van der Waals surface area contributed by atoms with Crippen LogP contribution in [0.5, 0.6) is 0 Å². The lowest BCUT2D eigenvalue weighted by atomic mass is 9.87. The van der Waals surface area contributed by atoms with E-state index in [9.17, 15) is 0 Å². The van der Waals surface area contributed by atoms with Crippen molar-refractivity contribution in [2.75, 3.05) is 19.6 Å². The fraction of sp³-hybridized carbons (Fsp3) is 0.600. The van der Waals surface area contributed by atoms with Gasteiger partial charge in [0.2, 0.25) is 0 Å². The number of benzene rings is 1. The second-order valence-electron chi connectivity index (χ2n) is 5.58. The molecule has 0 aliphatic carbocycles. The Morgan fingerprint density at radius 3 is 2.89 bits per heavy atom. The van der Waals surface area contributed by atoms with Gasteiger partial charge in [0.25, 0.3) is 0 Å². The van der Waals surface area contributed by atoms with Crippen LogP contribution in [0.1, 0.15) is 24.5 Å². The highest BCUT2D eigenvalue weighted by atomic mass is 35.5. The molecule has 100 valence electrons. The third-order valence-electron chi connectivity index (χ3n) is 4.14. The molecule has 0 saturated carbocycles. The van der Waals surface area contributed by atoms with E-state index >= 15 is 0 Å². The van der Waals surface area contributed by atoms with Crippen molar-refractivity contribution in [2.24, 2.45) is 17.6 Å². The molecule has 1 fully saturated rings. The van der Waals surface area contributed by atoms with E-state index in [4.69, 9.17) is 17.3 Å². The van der Waals surface area contributed by atoms with E-state index in [2.05, 4.69) is 30.0 Å². The van der Waals surface area contributed by atoms with Crippen molar-refractivity contribution in [3.63, 3.8) is 0 Å². The predicted octanol–water partition coefficient (Wildman–Crippen LogP) is 3.07. The zero-order valence-electron chi connectivity index (χ0n) is 11.3. The molecule has 2 nitrogen and oxygen atoms in total. The molecule has 2 rings (SSSR count). The SMILES string of the molecule is Cc1ccc(CN2CCC(C)C(CN)C2)cc1Cl. The molecule has 0 aromatic heterocycles. The summed E-state index contributed by atoms with van der Waals surface area (Å²) in [4.78, 5) is 2.50. The van der Waals surface area contributed by atoms with E-state index in [-0.39, 0.29) is 0 Å². The Hall–Kier alpha value is -0.570. The molecule has 2 N–H and O–H groups in total. The van der Waals surface area contributed by atoms with Crippen LogP contribution in [0.4, 0.5) is 0 Å². The maximum atomic E-state index is 6.17. The molecule has 0 radical (unpaired) electrons. The van der Waals surface area contributed by atoms with Gasteiger partial charge in [-0.05, 0) is 55.5 Å². The first-order valence-corrected chi connectivity index (χ1v) is 7.15. The smallest absolute Gasteiger partial charge is 0.0438 e. The molecule has 1 aromatic rings. The summed E-state index contributed by atoms with van der Waals surface area (Å²) in [5.41, 5.74) is 8.29. The van der Waals surface area contributed by atoms with Gasteiger partial charge in [0.1, 0.15) is 0 Å². The van der Waals surface area contributed by atoms with Gasteiger partial charge >= 0.3 is 0 Å². The lowest BCUT2D eigenvalue weighted by molar-refractivity contribution is 0.126. The zero-order valence-corrected chi connectivity index (χ0v) is 12.1. The van der Waals surface area contributed by atoms with Crippen LogP contribution < -0.4 is 5.73 Å². The molecule has 0 bridgehead atoms. The Bertz CT molecular complexity index is 405. The van der Waals surface area contributed by atoms with E-state index in [1.165, 1.54) is 18.5 Å². The van der Waals surface area contributed by atoms with E-state index in [0.717, 1.165) is 36.1 Å². The predicted molar refractivity (Wildman–Crippen MR) is 77.8 cm³/mol. The number of hydrogen-bond donors (Lipinski definition) is 1. The van der Waals surface area contributed by atoms with E-state index in [1.807, 2.05) is 6.92 Å². The van der Waals surface area contributed by atoms with Gasteiger partial charge in [-0.15, -0.1) is 0 Å². The van der Waals surface area contributed by atoms with Gasteiger partial charge in [0, 0.05) is 18.1 Å². The minimum Gasteiger partial charge on any atom is -0.330 e. The lowest BCUT2D eigenvalue weighted by Crippen LogP contribution is -2.42. The summed E-state index contributed by atoms with van der Waals surface area (Å²) in [6.07, 6.45) is 1.25. The van der Waals surface area contributed by atoms with Gasteiger partial charge in [-0.1, -0.05) is 30.7 Å². The highest BCUT2D eigenvalue weighted by Crippen LogP contribution is 2.24. The van der Waals surface area contributed by atoms with Crippen LogP contribution >= 0.6 is 11.6 Å². The number of aryl methyl sites for hydroxylation is 1. The van der Waals surface area contributed by atoms with Gasteiger partial charge < -0.3 is 5.73 Å². The minimum atomic E-state index is 0.639. The summed E-state index contributed by atoms with van der Waals surface area (Å²) >= 11 is 6.17. The maximum absolute atomic E-state index is 6.17. The normalized spacial score (nSPS) is 25.3. The molecule has 2 atom stereocenters. The first-order valence-electron chi connectivity index (χ1n) is 6.77. The number of nitrogens with two attached hydrogens (primary N) is 1. The van der Waals surface area contributed by atoms with Crippen molar-refractivity contribution in [2.45, 2.75) is 26.8 Å². The second-order valence-corrected chi connectivity index (χ2v) is 5.99. The van der Waals surface area contributed by atoms with Gasteiger partial charge in [0.05, 0.1) is 0 Å². The Morgan fingerprint density at radius 1 is 1.44 bits per heavy atom. The van der Waals surface area contributed by atoms with Gasteiger partial charge in [0.15, 0.2) is 0 Å². The number of piperidine rings is 1. The fourth-order valence-electron chi connectivity index (χ4n) is 2.67. The molecule has 18 heavy (non-hydrogen) atoms. The van der Waals surface area contributed by atoms with Crippen LogP contribution in [0.3, 0.4) is 0 Å². The van der Waals surface area contributed by atoms with Crippen LogP contribution in [0, 0.1) is 18.8 Å². The van der Waals surface area contributed by atoms with Crippen LogP contribution in [-0.4, -0.2) is 24.5 Å². The van der Waals surface area contributed by atoms with E-state index < -0.39 is 0 Å². The molecule has 1 aliphatic heterocycles. The monoisotopic (exact) mass is 266 g/mol. The highest BCUT2D eigenvalue weighted by Gasteiger charge is 2.24. The molecule has 0 spiro atoms. The van der Waals surface area contributed by atoms with Crippen molar-refractivity contribution < 1.29 is 0 Å². The fourth-order valence-corrected chi connectivity index (χ4v) is 2.87. The molecule has 0 amide bonds. The summed E-state index contributed by atoms with van der Waals surface area (Å²) < 4.78 is 0. The lowest BCUT2D eigenvalue weighted by Gasteiger charge is -2.36. The Kier molecular flexibility index (Phi) is 4.66. The molecule has 1 aliphatic rings. The van der Waals surface area contributed by atoms with Crippen molar-refractivity contribution in [1.82, 2.24) is 4.90 Å². The van der Waals surface area contributed by atoms with Crippen LogP contribution in [0.25, 0.3) is 0 Å². The van der Waals surface area contributed by atoms with Crippen molar-refractivity contribution >= 4 is 11.6 Å². The zero-order chi connectivity index (χ0) is 13.1. The van der Waals surface area contributed by atoms with Crippen LogP contribution in [0.15, 0.2) is 18.2 Å². The number of nitrogens with zero attached hydrogens (tertiary/aromatic N) is 1. The Balaban J connectivity index is 1.99. The van der Waals surface area contributed by atoms with E-state index in [1.54, 1.807) is 0 Å². The first-order chi connectivity index (χ1) is 8.60. The minimum absolute atomic E-state index is 0.639. The molecule has 1 heterocycles. The van der Waals surface area contributed by atoms with Crippen molar-refractivity contribution in [3.05, 3.63) is 34.3 Å². The van der Waals surface area contributed by atoms with Crippen LogP contribution in [0.2, 0.25) is 5.02 Å². The number of likely N-dealkylation sites (tertiary alicyclic amines) is 1. The summed E-state index contributed by atoms with van der Waals surface area (Å²) in [7, 11) is 0. The summed E-state index contributed by atoms with van der Waals surface area (Å²) in [6, 6.07) is 6.37. The summed E-state index contributed by atoms with van der Waals surface area (Å²) in [5.74, 6) is 1.40. The molecule has 2 unspecified atom stereocenters. The molecule has 1 saturated heterocycles. The molecular formula is C15H23ClN2. The Morgan fingerprint density at radius 2 is 2.22 bits per heavy atom. The second kappa shape index (κ2) is 6.05. The maximum Gasteiger partial charge on any atom is 0.0438 e. The van der Waals surface area contributed by atoms with Gasteiger partial charge in [-0.3, -0.25) is 4.90 Å². The standard InChI is InChI=1S/C15H23ClN2/c1-11-5-6-18(10-14(11)8-17)9-13-4-3-12(2)15(16)7-13/h3-4,7,11,14H,5-6,8-10,17H2,1-2H3. The van der Waals surface area contributed by atoms with Gasteiger partial charge in [-0.2, -0.15) is 0 Å². The van der Waals surface area contributed by atoms with Crippen molar-refractivity contribution in [1.29, 1.82) is 0 Å². The number of halogens is 1. The Labute approximate surface area is 115 Å². The third-order valence-corrected chi connectivity index (χ3v) is 4.55. The molecular weight excluding hydrogens is 244 g/mol. The topological polar surface area (TPSA) is 29.3 Å². The average Bonchev–Trinajstić information content (AvgIpc) is 2.36. The average molecular weight is 267 g/mol. The third kappa shape index (κ3) is 3.25. The first kappa shape index (κ1) is 13.9. The van der Waals surface area contributed by atoms with Crippen LogP contribution in [-0.2, 0) is 6.54 Å². The molecule has 1 aromatic carbocycles. The summed E-state index contributed by atoms with van der Waals surface area (Å²) in [6.45, 7) is 8.43. The largest absolute Gasteiger partial charge is 0.330 e. The van der Waals surface area contributed by atoms with Gasteiger partial charge in [-0.25, -0.2) is 0 Å². The summed E-state index contributed by atoms with van der Waals surface area (Å²) in [5, 5.41) is 0.869. The van der Waals surface area contributed by atoms with E-state index in [0.29, 0.717) is 5.92 Å².